The van der Waals surface area contributed by atoms with Crippen LogP contribution in [0.25, 0.3) is 0 Å². The van der Waals surface area contributed by atoms with Crippen LogP contribution in [0.2, 0.25) is 5.02 Å². The summed E-state index contributed by atoms with van der Waals surface area (Å²) in [6.07, 6.45) is 3.13. The normalized spacial score (nSPS) is 11.5. The van der Waals surface area contributed by atoms with Gasteiger partial charge in [-0.1, -0.05) is 23.7 Å². The molecule has 1 N–H and O–H groups in total. The molecule has 0 bridgehead atoms. The maximum absolute atomic E-state index is 11.4. The largest absolute Gasteiger partial charge is 0.280 e. The van der Waals surface area contributed by atoms with Gasteiger partial charge >= 0.3 is 0 Å². The lowest BCUT2D eigenvalue weighted by Gasteiger charge is -2.03. The maximum Gasteiger partial charge on any atom is 0.232 e. The SMILES string of the molecule is CCS(=O)(=O)Nc1cnn(Cc2cccc(Cl)c2)c1. The summed E-state index contributed by atoms with van der Waals surface area (Å²) >= 11 is 5.90. The number of hydrogen-bond acceptors (Lipinski definition) is 3. The fourth-order valence-corrected chi connectivity index (χ4v) is 2.40. The molecule has 0 atom stereocenters. The Hall–Kier alpha value is -1.53. The van der Waals surface area contributed by atoms with Crippen molar-refractivity contribution in [3.63, 3.8) is 0 Å². The minimum Gasteiger partial charge on any atom is -0.280 e. The van der Waals surface area contributed by atoms with Gasteiger partial charge in [0.2, 0.25) is 10.0 Å². The summed E-state index contributed by atoms with van der Waals surface area (Å²) in [5.74, 6) is 0.0342. The van der Waals surface area contributed by atoms with Crippen LogP contribution < -0.4 is 4.72 Å². The van der Waals surface area contributed by atoms with E-state index in [4.69, 9.17) is 11.6 Å². The summed E-state index contributed by atoms with van der Waals surface area (Å²) in [5, 5.41) is 4.77. The number of nitrogens with one attached hydrogen (secondary N) is 1. The highest BCUT2D eigenvalue weighted by molar-refractivity contribution is 7.92. The third-order valence-corrected chi connectivity index (χ3v) is 4.06. The van der Waals surface area contributed by atoms with E-state index in [1.54, 1.807) is 23.9 Å². The van der Waals surface area contributed by atoms with E-state index in [0.717, 1.165) is 5.56 Å². The zero-order valence-corrected chi connectivity index (χ0v) is 11.9. The van der Waals surface area contributed by atoms with Crippen LogP contribution in [-0.2, 0) is 16.6 Å². The van der Waals surface area contributed by atoms with Crippen molar-refractivity contribution in [1.82, 2.24) is 9.78 Å². The second-order valence-electron chi connectivity index (χ2n) is 4.06. The summed E-state index contributed by atoms with van der Waals surface area (Å²) in [6, 6.07) is 7.44. The molecule has 0 spiro atoms. The summed E-state index contributed by atoms with van der Waals surface area (Å²) in [5.41, 5.74) is 1.46. The van der Waals surface area contributed by atoms with Crippen molar-refractivity contribution < 1.29 is 8.42 Å². The maximum atomic E-state index is 11.4. The molecule has 0 saturated heterocycles. The molecule has 0 saturated carbocycles. The predicted octanol–water partition coefficient (Wildman–Crippen LogP) is 2.35. The van der Waals surface area contributed by atoms with Crippen molar-refractivity contribution in [1.29, 1.82) is 0 Å². The first kappa shape index (κ1) is 13.9. The van der Waals surface area contributed by atoms with Gasteiger partial charge in [0.15, 0.2) is 0 Å². The average Bonchev–Trinajstić information content (AvgIpc) is 2.76. The van der Waals surface area contributed by atoms with E-state index in [0.29, 0.717) is 17.3 Å². The van der Waals surface area contributed by atoms with Crippen molar-refractivity contribution in [3.8, 4) is 0 Å². The molecule has 1 aromatic carbocycles. The second-order valence-corrected chi connectivity index (χ2v) is 6.51. The van der Waals surface area contributed by atoms with E-state index in [9.17, 15) is 8.42 Å². The van der Waals surface area contributed by atoms with Gasteiger partial charge in [0.05, 0.1) is 24.2 Å². The first-order valence-electron chi connectivity index (χ1n) is 5.76. The molecule has 102 valence electrons. The van der Waals surface area contributed by atoms with Crippen molar-refractivity contribution in [2.24, 2.45) is 0 Å². The predicted molar refractivity (Wildman–Crippen MR) is 75.9 cm³/mol. The lowest BCUT2D eigenvalue weighted by molar-refractivity contribution is 0.602. The third-order valence-electron chi connectivity index (χ3n) is 2.52. The van der Waals surface area contributed by atoms with Crippen molar-refractivity contribution >= 4 is 27.3 Å². The van der Waals surface area contributed by atoms with Crippen LogP contribution in [0.15, 0.2) is 36.7 Å². The van der Waals surface area contributed by atoms with Crippen LogP contribution in [-0.4, -0.2) is 24.0 Å². The number of rotatable bonds is 5. The quantitative estimate of drug-likeness (QED) is 0.921. The number of sulfonamides is 1. The van der Waals surface area contributed by atoms with Crippen LogP contribution >= 0.6 is 11.6 Å². The lowest BCUT2D eigenvalue weighted by Crippen LogP contribution is -2.14. The Labute approximate surface area is 117 Å². The molecule has 0 aliphatic rings. The molecular weight excluding hydrogens is 286 g/mol. The molecule has 2 aromatic rings. The number of hydrogen-bond donors (Lipinski definition) is 1. The highest BCUT2D eigenvalue weighted by Crippen LogP contribution is 2.13. The summed E-state index contributed by atoms with van der Waals surface area (Å²) in [7, 11) is -3.26. The summed E-state index contributed by atoms with van der Waals surface area (Å²) in [4.78, 5) is 0. The van der Waals surface area contributed by atoms with Gasteiger partial charge in [-0.2, -0.15) is 5.10 Å². The molecule has 0 aliphatic heterocycles. The van der Waals surface area contributed by atoms with E-state index in [-0.39, 0.29) is 5.75 Å². The van der Waals surface area contributed by atoms with E-state index in [1.165, 1.54) is 6.20 Å². The molecule has 5 nitrogen and oxygen atoms in total. The Morgan fingerprint density at radius 2 is 2.21 bits per heavy atom. The average molecular weight is 300 g/mol. The fraction of sp³-hybridized carbons (Fsp3) is 0.250. The zero-order chi connectivity index (χ0) is 13.9. The van der Waals surface area contributed by atoms with Crippen LogP contribution in [0.1, 0.15) is 12.5 Å². The minimum absolute atomic E-state index is 0.0342. The van der Waals surface area contributed by atoms with E-state index >= 15 is 0 Å². The van der Waals surface area contributed by atoms with E-state index in [1.807, 2.05) is 18.2 Å². The lowest BCUT2D eigenvalue weighted by atomic mass is 10.2. The molecule has 0 radical (unpaired) electrons. The zero-order valence-electron chi connectivity index (χ0n) is 10.4. The van der Waals surface area contributed by atoms with Crippen molar-refractivity contribution in [3.05, 3.63) is 47.2 Å². The first-order valence-corrected chi connectivity index (χ1v) is 7.79. The Morgan fingerprint density at radius 1 is 1.42 bits per heavy atom. The second kappa shape index (κ2) is 5.63. The molecule has 0 amide bonds. The molecule has 1 heterocycles. The standard InChI is InChI=1S/C12H14ClN3O2S/c1-2-19(17,18)15-12-7-14-16(9-12)8-10-4-3-5-11(13)6-10/h3-7,9,15H,2,8H2,1H3. The van der Waals surface area contributed by atoms with Gasteiger partial charge in [0.1, 0.15) is 0 Å². The molecule has 0 unspecified atom stereocenters. The summed E-state index contributed by atoms with van der Waals surface area (Å²) in [6.45, 7) is 2.12. The monoisotopic (exact) mass is 299 g/mol. The first-order chi connectivity index (χ1) is 8.98. The van der Waals surface area contributed by atoms with Gasteiger partial charge in [-0.3, -0.25) is 9.40 Å². The smallest absolute Gasteiger partial charge is 0.232 e. The molecule has 19 heavy (non-hydrogen) atoms. The van der Waals surface area contributed by atoms with E-state index < -0.39 is 10.0 Å². The van der Waals surface area contributed by atoms with Gasteiger partial charge in [0.25, 0.3) is 0 Å². The number of halogens is 1. The topological polar surface area (TPSA) is 64.0 Å². The Balaban J connectivity index is 2.10. The number of anilines is 1. The van der Waals surface area contributed by atoms with Crippen LogP contribution in [0.4, 0.5) is 5.69 Å². The Kier molecular flexibility index (Phi) is 4.11. The van der Waals surface area contributed by atoms with Gasteiger partial charge in [-0.15, -0.1) is 0 Å². The highest BCUT2D eigenvalue weighted by atomic mass is 35.5. The van der Waals surface area contributed by atoms with E-state index in [2.05, 4.69) is 9.82 Å². The van der Waals surface area contributed by atoms with Crippen LogP contribution in [0, 0.1) is 0 Å². The molecule has 1 aromatic heterocycles. The van der Waals surface area contributed by atoms with Gasteiger partial charge in [0, 0.05) is 11.2 Å². The molecular formula is C12H14ClN3O2S. The van der Waals surface area contributed by atoms with Crippen LogP contribution in [0.3, 0.4) is 0 Å². The molecule has 2 rings (SSSR count). The van der Waals surface area contributed by atoms with Crippen molar-refractivity contribution in [2.75, 3.05) is 10.5 Å². The molecule has 0 aliphatic carbocycles. The highest BCUT2D eigenvalue weighted by Gasteiger charge is 2.08. The Bertz CT molecular complexity index is 667. The minimum atomic E-state index is -3.26. The van der Waals surface area contributed by atoms with Gasteiger partial charge in [-0.25, -0.2) is 8.42 Å². The summed E-state index contributed by atoms with van der Waals surface area (Å²) < 4.78 is 26.9. The van der Waals surface area contributed by atoms with Gasteiger partial charge < -0.3 is 0 Å². The fourth-order valence-electron chi connectivity index (χ4n) is 1.58. The van der Waals surface area contributed by atoms with Gasteiger partial charge in [-0.05, 0) is 24.6 Å². The molecule has 7 heteroatoms. The number of aromatic nitrogens is 2. The van der Waals surface area contributed by atoms with Crippen molar-refractivity contribution in [2.45, 2.75) is 13.5 Å². The number of benzene rings is 1. The molecule has 0 fully saturated rings. The third kappa shape index (κ3) is 3.97. The number of nitrogens with zero attached hydrogens (tertiary/aromatic N) is 2. The Morgan fingerprint density at radius 3 is 2.89 bits per heavy atom. The van der Waals surface area contributed by atoms with Crippen LogP contribution in [0.5, 0.6) is 0 Å².